The first kappa shape index (κ1) is 19.8. The van der Waals surface area contributed by atoms with Gasteiger partial charge < -0.3 is 14.2 Å². The summed E-state index contributed by atoms with van der Waals surface area (Å²) in [5.41, 5.74) is 0.266. The molecule has 3 heterocycles. The number of carbonyl (C=O) groups is 1. The highest BCUT2D eigenvalue weighted by molar-refractivity contribution is 5.94. The van der Waals surface area contributed by atoms with Crippen LogP contribution in [0.1, 0.15) is 22.7 Å². The van der Waals surface area contributed by atoms with Crippen molar-refractivity contribution in [2.75, 3.05) is 13.1 Å². The normalized spacial score (nSPS) is 16.7. The standard InChI is InChI=1S/C19H14F4N4O3/c20-15-9-12(1-2-14(15)16-25-18(30-26-16)19(21,22)23)29-13-5-8-27(10-13)17(28)11-3-6-24-7-4-11/h1-4,6-7,9,13H,5,8,10H2. The first-order valence-electron chi connectivity index (χ1n) is 8.88. The molecule has 1 saturated heterocycles. The van der Waals surface area contributed by atoms with Crippen molar-refractivity contribution in [2.24, 2.45) is 0 Å². The van der Waals surface area contributed by atoms with E-state index in [1.165, 1.54) is 24.5 Å². The van der Waals surface area contributed by atoms with Crippen LogP contribution < -0.4 is 4.74 Å². The molecule has 0 aliphatic carbocycles. The first-order valence-corrected chi connectivity index (χ1v) is 8.88. The number of pyridine rings is 1. The van der Waals surface area contributed by atoms with Crippen LogP contribution in [0, 0.1) is 5.82 Å². The molecule has 1 aromatic carbocycles. The molecule has 1 fully saturated rings. The van der Waals surface area contributed by atoms with Crippen molar-refractivity contribution in [1.82, 2.24) is 20.0 Å². The fourth-order valence-electron chi connectivity index (χ4n) is 3.08. The molecule has 30 heavy (non-hydrogen) atoms. The SMILES string of the molecule is O=C(c1ccncc1)N1CCC(Oc2ccc(-c3noc(C(F)(F)F)n3)c(F)c2)C1. The maximum Gasteiger partial charge on any atom is 0.471 e. The first-order chi connectivity index (χ1) is 14.3. The molecule has 0 bridgehead atoms. The van der Waals surface area contributed by atoms with Gasteiger partial charge in [0, 0.05) is 37.0 Å². The summed E-state index contributed by atoms with van der Waals surface area (Å²) in [5, 5.41) is 3.17. The number of ether oxygens (including phenoxy) is 1. The molecular weight excluding hydrogens is 408 g/mol. The highest BCUT2D eigenvalue weighted by Gasteiger charge is 2.38. The van der Waals surface area contributed by atoms with E-state index in [0.29, 0.717) is 25.1 Å². The second kappa shape index (κ2) is 7.73. The van der Waals surface area contributed by atoms with E-state index in [-0.39, 0.29) is 23.3 Å². The van der Waals surface area contributed by atoms with Gasteiger partial charge in [-0.3, -0.25) is 9.78 Å². The van der Waals surface area contributed by atoms with Crippen molar-refractivity contribution in [1.29, 1.82) is 0 Å². The Hall–Kier alpha value is -3.50. The van der Waals surface area contributed by atoms with Crippen LogP contribution >= 0.6 is 0 Å². The van der Waals surface area contributed by atoms with Gasteiger partial charge in [0.2, 0.25) is 5.82 Å². The van der Waals surface area contributed by atoms with Gasteiger partial charge in [-0.1, -0.05) is 5.16 Å². The lowest BCUT2D eigenvalue weighted by Crippen LogP contribution is -2.30. The van der Waals surface area contributed by atoms with E-state index >= 15 is 0 Å². The van der Waals surface area contributed by atoms with E-state index < -0.39 is 23.7 Å². The van der Waals surface area contributed by atoms with Gasteiger partial charge in [0.1, 0.15) is 17.7 Å². The van der Waals surface area contributed by atoms with Crippen LogP contribution in [0.4, 0.5) is 17.6 Å². The second-order valence-corrected chi connectivity index (χ2v) is 6.58. The minimum atomic E-state index is -4.81. The number of benzene rings is 1. The molecule has 0 radical (unpaired) electrons. The highest BCUT2D eigenvalue weighted by atomic mass is 19.4. The van der Waals surface area contributed by atoms with Crippen LogP contribution in [-0.2, 0) is 6.18 Å². The molecule has 0 N–H and O–H groups in total. The third kappa shape index (κ3) is 4.09. The van der Waals surface area contributed by atoms with Gasteiger partial charge in [-0.2, -0.15) is 18.2 Å². The zero-order valence-electron chi connectivity index (χ0n) is 15.3. The lowest BCUT2D eigenvalue weighted by molar-refractivity contribution is -0.159. The molecule has 156 valence electrons. The molecule has 11 heteroatoms. The van der Waals surface area contributed by atoms with E-state index in [1.54, 1.807) is 17.0 Å². The minimum absolute atomic E-state index is 0.150. The van der Waals surface area contributed by atoms with Crippen LogP contribution in [0.3, 0.4) is 0 Å². The summed E-state index contributed by atoms with van der Waals surface area (Å²) in [5.74, 6) is -2.89. The summed E-state index contributed by atoms with van der Waals surface area (Å²) in [7, 11) is 0. The van der Waals surface area contributed by atoms with Crippen LogP contribution in [0.25, 0.3) is 11.4 Å². The Labute approximate surface area is 167 Å². The number of amides is 1. The largest absolute Gasteiger partial charge is 0.488 e. The van der Waals surface area contributed by atoms with Crippen molar-refractivity contribution in [3.05, 3.63) is 60.0 Å². The number of hydrogen-bond donors (Lipinski definition) is 0. The predicted molar refractivity (Wildman–Crippen MR) is 93.9 cm³/mol. The van der Waals surface area contributed by atoms with E-state index in [9.17, 15) is 22.4 Å². The van der Waals surface area contributed by atoms with Gasteiger partial charge in [-0.05, 0) is 24.3 Å². The molecule has 3 aromatic rings. The van der Waals surface area contributed by atoms with E-state index in [0.717, 1.165) is 6.07 Å². The molecule has 1 unspecified atom stereocenters. The predicted octanol–water partition coefficient (Wildman–Crippen LogP) is 3.58. The lowest BCUT2D eigenvalue weighted by atomic mass is 10.2. The average Bonchev–Trinajstić information content (AvgIpc) is 3.38. The summed E-state index contributed by atoms with van der Waals surface area (Å²) in [6, 6.07) is 6.88. The molecule has 2 aromatic heterocycles. The molecule has 7 nitrogen and oxygen atoms in total. The maximum absolute atomic E-state index is 14.4. The summed E-state index contributed by atoms with van der Waals surface area (Å²) in [6.45, 7) is 0.805. The number of hydrogen-bond acceptors (Lipinski definition) is 6. The zero-order chi connectivity index (χ0) is 21.3. The average molecular weight is 422 g/mol. The number of nitrogens with zero attached hydrogens (tertiary/aromatic N) is 4. The van der Waals surface area contributed by atoms with Gasteiger partial charge in [-0.15, -0.1) is 0 Å². The number of halogens is 4. The Bertz CT molecular complexity index is 1060. The number of likely N-dealkylation sites (tertiary alicyclic amines) is 1. The van der Waals surface area contributed by atoms with Crippen LogP contribution in [0.5, 0.6) is 5.75 Å². The Balaban J connectivity index is 1.42. The van der Waals surface area contributed by atoms with Gasteiger partial charge in [-0.25, -0.2) is 4.39 Å². The van der Waals surface area contributed by atoms with Crippen molar-refractivity contribution < 1.29 is 31.6 Å². The smallest absolute Gasteiger partial charge is 0.471 e. The maximum atomic E-state index is 14.4. The fourth-order valence-corrected chi connectivity index (χ4v) is 3.08. The van der Waals surface area contributed by atoms with Gasteiger partial charge in [0.25, 0.3) is 5.91 Å². The van der Waals surface area contributed by atoms with Gasteiger partial charge in [0.05, 0.1) is 12.1 Å². The third-order valence-corrected chi connectivity index (χ3v) is 4.51. The second-order valence-electron chi connectivity index (χ2n) is 6.58. The number of carbonyl (C=O) groups excluding carboxylic acids is 1. The quantitative estimate of drug-likeness (QED) is 0.598. The molecule has 1 atom stereocenters. The molecule has 1 aliphatic rings. The number of rotatable bonds is 4. The van der Waals surface area contributed by atoms with E-state index in [4.69, 9.17) is 4.74 Å². The highest BCUT2D eigenvalue weighted by Crippen LogP contribution is 2.31. The Kier molecular flexibility index (Phi) is 5.10. The fraction of sp³-hybridized carbons (Fsp3) is 0.263. The van der Waals surface area contributed by atoms with Crippen LogP contribution in [-0.4, -0.2) is 45.1 Å². The Morgan fingerprint density at radius 3 is 2.63 bits per heavy atom. The molecule has 4 rings (SSSR count). The Morgan fingerprint density at radius 2 is 1.97 bits per heavy atom. The summed E-state index contributed by atoms with van der Waals surface area (Å²) >= 11 is 0. The van der Waals surface area contributed by atoms with E-state index in [1.807, 2.05) is 0 Å². The van der Waals surface area contributed by atoms with Crippen molar-refractivity contribution in [3.8, 4) is 17.1 Å². The monoisotopic (exact) mass is 422 g/mol. The molecule has 0 spiro atoms. The zero-order valence-corrected chi connectivity index (χ0v) is 15.3. The third-order valence-electron chi connectivity index (χ3n) is 4.51. The molecular formula is C19H14F4N4O3. The topological polar surface area (TPSA) is 81.4 Å². The molecule has 1 aliphatic heterocycles. The van der Waals surface area contributed by atoms with Crippen molar-refractivity contribution in [2.45, 2.75) is 18.7 Å². The summed E-state index contributed by atoms with van der Waals surface area (Å²) < 4.78 is 61.9. The van der Waals surface area contributed by atoms with Crippen LogP contribution in [0.2, 0.25) is 0 Å². The molecule has 1 amide bonds. The Morgan fingerprint density at radius 1 is 1.20 bits per heavy atom. The lowest BCUT2D eigenvalue weighted by Gasteiger charge is -2.17. The van der Waals surface area contributed by atoms with Crippen molar-refractivity contribution in [3.63, 3.8) is 0 Å². The van der Waals surface area contributed by atoms with E-state index in [2.05, 4.69) is 19.6 Å². The van der Waals surface area contributed by atoms with Gasteiger partial charge in [0.15, 0.2) is 0 Å². The van der Waals surface area contributed by atoms with Crippen molar-refractivity contribution >= 4 is 5.91 Å². The molecule has 0 saturated carbocycles. The number of alkyl halides is 3. The number of aromatic nitrogens is 3. The van der Waals surface area contributed by atoms with Crippen LogP contribution in [0.15, 0.2) is 47.2 Å². The van der Waals surface area contributed by atoms with Gasteiger partial charge >= 0.3 is 12.1 Å². The summed E-state index contributed by atoms with van der Waals surface area (Å²) in [4.78, 5) is 21.1. The summed E-state index contributed by atoms with van der Waals surface area (Å²) in [6.07, 6.45) is -1.54. The minimum Gasteiger partial charge on any atom is -0.488 e.